The molecule has 0 bridgehead atoms. The van der Waals surface area contributed by atoms with Crippen molar-refractivity contribution in [3.63, 3.8) is 0 Å². The van der Waals surface area contributed by atoms with Crippen molar-refractivity contribution in [2.45, 2.75) is 13.1 Å². The molecule has 3 aromatic rings. The second-order valence-corrected chi connectivity index (χ2v) is 7.83. The van der Waals surface area contributed by atoms with E-state index in [9.17, 15) is 14.0 Å². The lowest BCUT2D eigenvalue weighted by Crippen LogP contribution is -2.42. The molecule has 0 fully saturated rings. The zero-order chi connectivity index (χ0) is 21.3. The Kier molecular flexibility index (Phi) is 7.51. The van der Waals surface area contributed by atoms with Gasteiger partial charge in [-0.25, -0.2) is 4.39 Å². The Labute approximate surface area is 179 Å². The van der Waals surface area contributed by atoms with Gasteiger partial charge in [0.05, 0.1) is 6.54 Å². The maximum absolute atomic E-state index is 13.3. The molecule has 4 nitrogen and oxygen atoms in total. The molecule has 3 rings (SSSR count). The lowest BCUT2D eigenvalue weighted by Gasteiger charge is -2.27. The summed E-state index contributed by atoms with van der Waals surface area (Å²) in [4.78, 5) is 30.3. The normalized spacial score (nSPS) is 10.4. The van der Waals surface area contributed by atoms with E-state index in [2.05, 4.69) is 6.58 Å². The van der Waals surface area contributed by atoms with Gasteiger partial charge in [0.25, 0.3) is 5.91 Å². The fourth-order valence-electron chi connectivity index (χ4n) is 3.03. The van der Waals surface area contributed by atoms with Gasteiger partial charge in [0.1, 0.15) is 12.4 Å². The summed E-state index contributed by atoms with van der Waals surface area (Å²) in [7, 11) is 0. The molecule has 0 spiro atoms. The van der Waals surface area contributed by atoms with Gasteiger partial charge in [-0.3, -0.25) is 9.59 Å². The molecule has 0 saturated heterocycles. The second-order valence-electron chi connectivity index (χ2n) is 6.80. The number of carbonyl (C=O) groups is 2. The molecule has 0 aliphatic heterocycles. The van der Waals surface area contributed by atoms with Crippen molar-refractivity contribution in [3.8, 4) is 0 Å². The van der Waals surface area contributed by atoms with Gasteiger partial charge in [-0.15, -0.1) is 17.9 Å². The summed E-state index contributed by atoms with van der Waals surface area (Å²) in [6.45, 7) is 4.67. The largest absolute Gasteiger partial charge is 0.332 e. The van der Waals surface area contributed by atoms with E-state index in [1.54, 1.807) is 58.7 Å². The lowest BCUT2D eigenvalue weighted by atomic mass is 10.2. The number of rotatable bonds is 9. The molecule has 1 aromatic heterocycles. The zero-order valence-electron chi connectivity index (χ0n) is 16.5. The third kappa shape index (κ3) is 5.87. The van der Waals surface area contributed by atoms with Crippen LogP contribution in [0.15, 0.2) is 84.8 Å². The number of carbonyl (C=O) groups excluding carboxylic acids is 2. The highest BCUT2D eigenvalue weighted by Crippen LogP contribution is 2.16. The van der Waals surface area contributed by atoms with Crippen LogP contribution in [0.5, 0.6) is 0 Å². The predicted molar refractivity (Wildman–Crippen MR) is 118 cm³/mol. The lowest BCUT2D eigenvalue weighted by molar-refractivity contribution is -0.133. The van der Waals surface area contributed by atoms with Crippen molar-refractivity contribution in [1.82, 2.24) is 9.80 Å². The van der Waals surface area contributed by atoms with Gasteiger partial charge in [0.2, 0.25) is 5.91 Å². The van der Waals surface area contributed by atoms with Crippen molar-refractivity contribution in [1.29, 1.82) is 0 Å². The van der Waals surface area contributed by atoms with E-state index in [1.165, 1.54) is 17.0 Å². The highest BCUT2D eigenvalue weighted by atomic mass is 32.1. The zero-order valence-corrected chi connectivity index (χ0v) is 17.4. The van der Waals surface area contributed by atoms with Crippen LogP contribution in [0.25, 0.3) is 0 Å². The smallest absolute Gasteiger partial charge is 0.254 e. The van der Waals surface area contributed by atoms with Crippen LogP contribution < -0.4 is 0 Å². The number of amides is 2. The average Bonchev–Trinajstić information content (AvgIpc) is 3.28. The standard InChI is InChI=1S/C24H23FN2O2S/c1-2-14-26(24(29)20-7-4-3-5-8-20)18-23(28)27(17-22-9-6-15-30-22)16-19-10-12-21(25)13-11-19/h2-13,15H,1,14,16-18H2. The molecule has 1 heterocycles. The van der Waals surface area contributed by atoms with Gasteiger partial charge in [0.15, 0.2) is 0 Å². The van der Waals surface area contributed by atoms with Crippen LogP contribution in [-0.4, -0.2) is 34.7 Å². The molecule has 0 aliphatic rings. The van der Waals surface area contributed by atoms with Crippen LogP contribution in [0.2, 0.25) is 0 Å². The van der Waals surface area contributed by atoms with E-state index in [4.69, 9.17) is 0 Å². The summed E-state index contributed by atoms with van der Waals surface area (Å²) in [5.74, 6) is -0.721. The summed E-state index contributed by atoms with van der Waals surface area (Å²) >= 11 is 1.56. The van der Waals surface area contributed by atoms with Crippen molar-refractivity contribution in [2.24, 2.45) is 0 Å². The number of hydrogen-bond donors (Lipinski definition) is 0. The topological polar surface area (TPSA) is 40.6 Å². The molecule has 154 valence electrons. The molecule has 2 amide bonds. The summed E-state index contributed by atoms with van der Waals surface area (Å²) in [6, 6.07) is 18.9. The minimum Gasteiger partial charge on any atom is -0.332 e. The maximum atomic E-state index is 13.3. The Balaban J connectivity index is 1.78. The first-order chi connectivity index (χ1) is 14.6. The summed E-state index contributed by atoms with van der Waals surface area (Å²) < 4.78 is 13.3. The Bertz CT molecular complexity index is 972. The molecule has 0 saturated carbocycles. The van der Waals surface area contributed by atoms with Gasteiger partial charge in [-0.2, -0.15) is 0 Å². The van der Waals surface area contributed by atoms with Crippen LogP contribution in [0, 0.1) is 5.82 Å². The number of halogens is 1. The molecular formula is C24H23FN2O2S. The van der Waals surface area contributed by atoms with E-state index in [-0.39, 0.29) is 30.7 Å². The molecule has 30 heavy (non-hydrogen) atoms. The third-order valence-electron chi connectivity index (χ3n) is 4.55. The van der Waals surface area contributed by atoms with Crippen molar-refractivity contribution in [3.05, 3.63) is 107 Å². The molecule has 0 N–H and O–H groups in total. The molecular weight excluding hydrogens is 399 g/mol. The first-order valence-electron chi connectivity index (χ1n) is 9.56. The van der Waals surface area contributed by atoms with E-state index < -0.39 is 0 Å². The van der Waals surface area contributed by atoms with E-state index in [0.717, 1.165) is 10.4 Å². The Hall–Kier alpha value is -3.25. The van der Waals surface area contributed by atoms with Crippen molar-refractivity contribution >= 4 is 23.2 Å². The first kappa shape index (κ1) is 21.5. The predicted octanol–water partition coefficient (Wildman–Crippen LogP) is 4.74. The fraction of sp³-hybridized carbons (Fsp3) is 0.167. The van der Waals surface area contributed by atoms with Crippen LogP contribution in [0.1, 0.15) is 20.8 Å². The van der Waals surface area contributed by atoms with E-state index in [1.807, 2.05) is 23.6 Å². The van der Waals surface area contributed by atoms with Crippen LogP contribution in [0.4, 0.5) is 4.39 Å². The Morgan fingerprint density at radius 2 is 1.67 bits per heavy atom. The maximum Gasteiger partial charge on any atom is 0.254 e. The summed E-state index contributed by atoms with van der Waals surface area (Å²) in [6.07, 6.45) is 1.61. The van der Waals surface area contributed by atoms with Gasteiger partial charge >= 0.3 is 0 Å². The monoisotopic (exact) mass is 422 g/mol. The Morgan fingerprint density at radius 1 is 0.933 bits per heavy atom. The number of nitrogens with zero attached hydrogens (tertiary/aromatic N) is 2. The van der Waals surface area contributed by atoms with Crippen molar-refractivity contribution in [2.75, 3.05) is 13.1 Å². The highest BCUT2D eigenvalue weighted by Gasteiger charge is 2.22. The van der Waals surface area contributed by atoms with Crippen LogP contribution >= 0.6 is 11.3 Å². The molecule has 0 aliphatic carbocycles. The first-order valence-corrected chi connectivity index (χ1v) is 10.4. The fourth-order valence-corrected chi connectivity index (χ4v) is 3.75. The molecule has 6 heteroatoms. The highest BCUT2D eigenvalue weighted by molar-refractivity contribution is 7.09. The number of thiophene rings is 1. The molecule has 0 unspecified atom stereocenters. The van der Waals surface area contributed by atoms with Gasteiger partial charge < -0.3 is 9.80 Å². The molecule has 2 aromatic carbocycles. The number of benzene rings is 2. The van der Waals surface area contributed by atoms with Gasteiger partial charge in [0, 0.05) is 23.5 Å². The van der Waals surface area contributed by atoms with E-state index >= 15 is 0 Å². The number of hydrogen-bond acceptors (Lipinski definition) is 3. The molecule has 0 atom stereocenters. The minimum absolute atomic E-state index is 0.0632. The quantitative estimate of drug-likeness (QED) is 0.467. The van der Waals surface area contributed by atoms with Crippen LogP contribution in [0.3, 0.4) is 0 Å². The third-order valence-corrected chi connectivity index (χ3v) is 5.41. The summed E-state index contributed by atoms with van der Waals surface area (Å²) in [5, 5.41) is 1.96. The second kappa shape index (κ2) is 10.5. The van der Waals surface area contributed by atoms with Crippen LogP contribution in [-0.2, 0) is 17.9 Å². The average molecular weight is 423 g/mol. The minimum atomic E-state index is -0.319. The summed E-state index contributed by atoms with van der Waals surface area (Å²) in [5.41, 5.74) is 1.35. The van der Waals surface area contributed by atoms with E-state index in [0.29, 0.717) is 18.7 Å². The van der Waals surface area contributed by atoms with Gasteiger partial charge in [-0.05, 0) is 41.3 Å². The molecule has 0 radical (unpaired) electrons. The van der Waals surface area contributed by atoms with Crippen molar-refractivity contribution < 1.29 is 14.0 Å². The van der Waals surface area contributed by atoms with Gasteiger partial charge in [-0.1, -0.05) is 42.5 Å². The Morgan fingerprint density at radius 3 is 2.30 bits per heavy atom. The SMILES string of the molecule is C=CCN(CC(=O)N(Cc1ccc(F)cc1)Cc1cccs1)C(=O)c1ccccc1.